The molecule has 128 valence electrons. The van der Waals surface area contributed by atoms with Gasteiger partial charge in [0.1, 0.15) is 0 Å². The summed E-state index contributed by atoms with van der Waals surface area (Å²) in [5.41, 5.74) is 8.58. The van der Waals surface area contributed by atoms with Crippen molar-refractivity contribution in [1.82, 2.24) is 9.38 Å². The Labute approximate surface area is 151 Å². The lowest BCUT2D eigenvalue weighted by Crippen LogP contribution is -2.36. The van der Waals surface area contributed by atoms with Gasteiger partial charge in [-0.1, -0.05) is 26.0 Å². The van der Waals surface area contributed by atoms with Crippen LogP contribution in [0.15, 0.2) is 42.0 Å². The number of nitrogens with zero attached hydrogens (tertiary/aromatic N) is 2. The number of rotatable bonds is 5. The minimum atomic E-state index is -0.477. The van der Waals surface area contributed by atoms with E-state index in [-0.39, 0.29) is 18.3 Å². The molecule has 1 amide bonds. The minimum Gasteiger partial charge on any atom is -0.325 e. The SMILES string of the molecule is CC(C)C[C@H](N)C(=O)Nc1ccc(-c2cn3ccsc3n2)cc1.Cl. The predicted molar refractivity (Wildman–Crippen MR) is 102 cm³/mol. The standard InChI is InChI=1S/C17H20N4OS.ClH/c1-11(2)9-14(18)16(22)19-13-5-3-12(4-6-13)15-10-21-7-8-23-17(21)20-15;/h3-8,10-11,14H,9,18H2,1-2H3,(H,19,22);1H/t14-;/m0./s1. The zero-order chi connectivity index (χ0) is 16.4. The van der Waals surface area contributed by atoms with Crippen LogP contribution in [0.2, 0.25) is 0 Å². The number of thiazole rings is 1. The number of nitrogens with one attached hydrogen (secondary N) is 1. The van der Waals surface area contributed by atoms with Gasteiger partial charge in [-0.2, -0.15) is 0 Å². The molecule has 3 aromatic rings. The third-order valence-electron chi connectivity index (χ3n) is 3.60. The Morgan fingerprint density at radius 1 is 1.33 bits per heavy atom. The van der Waals surface area contributed by atoms with Gasteiger partial charge in [0.05, 0.1) is 11.7 Å². The number of imidazole rings is 1. The van der Waals surface area contributed by atoms with E-state index >= 15 is 0 Å². The number of anilines is 1. The highest BCUT2D eigenvalue weighted by molar-refractivity contribution is 7.15. The summed E-state index contributed by atoms with van der Waals surface area (Å²) in [5, 5.41) is 4.86. The summed E-state index contributed by atoms with van der Waals surface area (Å²) in [5.74, 6) is 0.252. The average molecular weight is 365 g/mol. The second-order valence-corrected chi connectivity index (χ2v) is 6.89. The molecule has 3 rings (SSSR count). The fraction of sp³-hybridized carbons (Fsp3) is 0.294. The molecule has 0 bridgehead atoms. The van der Waals surface area contributed by atoms with E-state index in [2.05, 4.69) is 24.1 Å². The van der Waals surface area contributed by atoms with Gasteiger partial charge in [0.15, 0.2) is 4.96 Å². The quantitative estimate of drug-likeness (QED) is 0.723. The molecule has 7 heteroatoms. The van der Waals surface area contributed by atoms with Crippen LogP contribution in [0.3, 0.4) is 0 Å². The van der Waals surface area contributed by atoms with E-state index in [0.717, 1.165) is 21.9 Å². The smallest absolute Gasteiger partial charge is 0.241 e. The predicted octanol–water partition coefficient (Wildman–Crippen LogP) is 3.80. The van der Waals surface area contributed by atoms with Gasteiger partial charge in [-0.05, 0) is 24.5 Å². The first-order valence-electron chi connectivity index (χ1n) is 7.62. The van der Waals surface area contributed by atoms with Gasteiger partial charge in [-0.15, -0.1) is 23.7 Å². The molecule has 2 heterocycles. The Kier molecular flexibility index (Phi) is 5.99. The first-order valence-corrected chi connectivity index (χ1v) is 8.50. The monoisotopic (exact) mass is 364 g/mol. The molecule has 0 aliphatic carbocycles. The summed E-state index contributed by atoms with van der Waals surface area (Å²) in [6.45, 7) is 4.11. The topological polar surface area (TPSA) is 72.4 Å². The van der Waals surface area contributed by atoms with Crippen LogP contribution in [-0.4, -0.2) is 21.3 Å². The molecule has 0 radical (unpaired) electrons. The Balaban J connectivity index is 0.00000208. The molecule has 0 unspecified atom stereocenters. The van der Waals surface area contributed by atoms with Crippen molar-refractivity contribution in [2.75, 3.05) is 5.32 Å². The molecule has 0 aliphatic rings. The van der Waals surface area contributed by atoms with Crippen molar-refractivity contribution in [1.29, 1.82) is 0 Å². The third-order valence-corrected chi connectivity index (χ3v) is 4.37. The molecule has 2 aromatic heterocycles. The van der Waals surface area contributed by atoms with Crippen molar-refractivity contribution < 1.29 is 4.79 Å². The van der Waals surface area contributed by atoms with Gasteiger partial charge in [0.2, 0.25) is 5.91 Å². The van der Waals surface area contributed by atoms with Crippen molar-refractivity contribution >= 4 is 40.3 Å². The van der Waals surface area contributed by atoms with Crippen LogP contribution >= 0.6 is 23.7 Å². The van der Waals surface area contributed by atoms with E-state index in [1.54, 1.807) is 11.3 Å². The van der Waals surface area contributed by atoms with Crippen molar-refractivity contribution in [2.45, 2.75) is 26.3 Å². The van der Waals surface area contributed by atoms with E-state index in [1.807, 2.05) is 46.4 Å². The minimum absolute atomic E-state index is 0. The summed E-state index contributed by atoms with van der Waals surface area (Å²) < 4.78 is 2.00. The zero-order valence-corrected chi connectivity index (χ0v) is 15.2. The van der Waals surface area contributed by atoms with Crippen LogP contribution in [0.1, 0.15) is 20.3 Å². The Morgan fingerprint density at radius 2 is 2.04 bits per heavy atom. The van der Waals surface area contributed by atoms with Gasteiger partial charge in [-0.25, -0.2) is 4.98 Å². The third kappa shape index (κ3) is 4.14. The molecule has 0 saturated carbocycles. The molecule has 24 heavy (non-hydrogen) atoms. The van der Waals surface area contributed by atoms with Gasteiger partial charge in [-0.3, -0.25) is 9.20 Å². The number of hydrogen-bond donors (Lipinski definition) is 2. The number of amides is 1. The van der Waals surface area contributed by atoms with Crippen LogP contribution in [0, 0.1) is 5.92 Å². The van der Waals surface area contributed by atoms with E-state index in [1.165, 1.54) is 0 Å². The van der Waals surface area contributed by atoms with Crippen LogP contribution in [0.4, 0.5) is 5.69 Å². The van der Waals surface area contributed by atoms with Gasteiger partial charge >= 0.3 is 0 Å². The van der Waals surface area contributed by atoms with Crippen LogP contribution in [0.5, 0.6) is 0 Å². The van der Waals surface area contributed by atoms with Crippen LogP contribution in [0.25, 0.3) is 16.2 Å². The van der Waals surface area contributed by atoms with Crippen molar-refractivity contribution in [3.8, 4) is 11.3 Å². The maximum atomic E-state index is 12.0. The Hall–Kier alpha value is -1.89. The van der Waals surface area contributed by atoms with Gasteiger partial charge < -0.3 is 11.1 Å². The molecule has 3 N–H and O–H groups in total. The highest BCUT2D eigenvalue weighted by atomic mass is 35.5. The molecule has 5 nitrogen and oxygen atoms in total. The lowest BCUT2D eigenvalue weighted by atomic mass is 10.0. The number of carbonyl (C=O) groups is 1. The fourth-order valence-corrected chi connectivity index (χ4v) is 3.14. The first kappa shape index (κ1) is 18.4. The van der Waals surface area contributed by atoms with E-state index < -0.39 is 6.04 Å². The largest absolute Gasteiger partial charge is 0.325 e. The van der Waals surface area contributed by atoms with Crippen molar-refractivity contribution in [2.24, 2.45) is 11.7 Å². The van der Waals surface area contributed by atoms with Gasteiger partial charge in [0.25, 0.3) is 0 Å². The maximum absolute atomic E-state index is 12.0. The second-order valence-electron chi connectivity index (χ2n) is 6.02. The molecule has 1 aromatic carbocycles. The summed E-state index contributed by atoms with van der Waals surface area (Å²) in [7, 11) is 0. The molecular weight excluding hydrogens is 344 g/mol. The number of aromatic nitrogens is 2. The lowest BCUT2D eigenvalue weighted by molar-refractivity contribution is -0.117. The normalized spacial score (nSPS) is 12.2. The number of halogens is 1. The molecule has 0 saturated heterocycles. The van der Waals surface area contributed by atoms with Crippen LogP contribution in [-0.2, 0) is 4.79 Å². The van der Waals surface area contributed by atoms with Crippen molar-refractivity contribution in [3.05, 3.63) is 42.0 Å². The number of fused-ring (bicyclic) bond motifs is 1. The lowest BCUT2D eigenvalue weighted by Gasteiger charge is -2.14. The highest BCUT2D eigenvalue weighted by Crippen LogP contribution is 2.23. The fourth-order valence-electron chi connectivity index (χ4n) is 2.44. The number of benzene rings is 1. The molecule has 0 aliphatic heterocycles. The summed E-state index contributed by atoms with van der Waals surface area (Å²) >= 11 is 1.60. The molecule has 0 spiro atoms. The highest BCUT2D eigenvalue weighted by Gasteiger charge is 2.15. The van der Waals surface area contributed by atoms with E-state index in [0.29, 0.717) is 12.3 Å². The average Bonchev–Trinajstić information content (AvgIpc) is 3.08. The zero-order valence-electron chi connectivity index (χ0n) is 13.6. The summed E-state index contributed by atoms with van der Waals surface area (Å²) in [6, 6.07) is 7.19. The number of carbonyl (C=O) groups excluding carboxylic acids is 1. The van der Waals surface area contributed by atoms with E-state index in [4.69, 9.17) is 5.73 Å². The number of nitrogens with two attached hydrogens (primary N) is 1. The summed E-state index contributed by atoms with van der Waals surface area (Å²) in [6.07, 6.45) is 4.66. The maximum Gasteiger partial charge on any atom is 0.241 e. The number of hydrogen-bond acceptors (Lipinski definition) is 4. The summed E-state index contributed by atoms with van der Waals surface area (Å²) in [4.78, 5) is 17.6. The van der Waals surface area contributed by atoms with Crippen molar-refractivity contribution in [3.63, 3.8) is 0 Å². The molecule has 0 fully saturated rings. The Morgan fingerprint density at radius 3 is 2.67 bits per heavy atom. The molecular formula is C17H21ClN4OS. The van der Waals surface area contributed by atoms with Crippen LogP contribution < -0.4 is 11.1 Å². The van der Waals surface area contributed by atoms with E-state index in [9.17, 15) is 4.79 Å². The second kappa shape index (κ2) is 7.79. The van der Waals surface area contributed by atoms with Gasteiger partial charge in [0, 0.05) is 29.0 Å². The Bertz CT molecular complexity index is 781. The first-order chi connectivity index (χ1) is 11.0. The molecule has 1 atom stereocenters.